The van der Waals surface area contributed by atoms with Crippen LogP contribution in [0.25, 0.3) is 0 Å². The van der Waals surface area contributed by atoms with Gasteiger partial charge < -0.3 is 15.7 Å². The molecule has 0 spiro atoms. The molecule has 0 saturated carbocycles. The quantitative estimate of drug-likeness (QED) is 0.761. The minimum absolute atomic E-state index is 0.0578. The number of aliphatic hydroxyl groups excluding tert-OH is 1. The lowest BCUT2D eigenvalue weighted by atomic mass is 10.2. The Balaban J connectivity index is 1.96. The summed E-state index contributed by atoms with van der Waals surface area (Å²) in [6.07, 6.45) is 1.85. The zero-order valence-corrected chi connectivity index (χ0v) is 12.0. The van der Waals surface area contributed by atoms with Crippen LogP contribution >= 0.6 is 11.3 Å². The molecule has 1 amide bonds. The van der Waals surface area contributed by atoms with Gasteiger partial charge in [-0.3, -0.25) is 9.78 Å². The first-order chi connectivity index (χ1) is 9.70. The van der Waals surface area contributed by atoms with Crippen LogP contribution in [0.5, 0.6) is 0 Å². The number of hydrogen-bond donors (Lipinski definition) is 3. The highest BCUT2D eigenvalue weighted by Gasteiger charge is 2.08. The fourth-order valence-corrected chi connectivity index (χ4v) is 2.38. The van der Waals surface area contributed by atoms with Gasteiger partial charge in [0.15, 0.2) is 0 Å². The zero-order valence-electron chi connectivity index (χ0n) is 11.2. The summed E-state index contributed by atoms with van der Waals surface area (Å²) in [5.41, 5.74) is 3.33. The molecule has 2 aromatic rings. The second-order valence-electron chi connectivity index (χ2n) is 4.33. The van der Waals surface area contributed by atoms with E-state index in [1.54, 1.807) is 23.5 Å². The van der Waals surface area contributed by atoms with E-state index in [0.717, 1.165) is 10.6 Å². The van der Waals surface area contributed by atoms with E-state index in [2.05, 4.69) is 22.5 Å². The number of nitrogens with one attached hydrogen (secondary N) is 2. The van der Waals surface area contributed by atoms with Crippen molar-refractivity contribution in [2.75, 3.05) is 18.5 Å². The standard InChI is InChI=1S/C14H17N3O2S/c1-10(13-8-15-9-20-13)17-12-4-2-11(3-5-12)14(19)16-6-7-18/h2-5,8-10,17-18H,6-7H2,1H3,(H,16,19). The average molecular weight is 291 g/mol. The molecule has 20 heavy (non-hydrogen) atoms. The number of amides is 1. The maximum Gasteiger partial charge on any atom is 0.251 e. The highest BCUT2D eigenvalue weighted by Crippen LogP contribution is 2.22. The van der Waals surface area contributed by atoms with Crippen molar-refractivity contribution in [1.82, 2.24) is 10.3 Å². The van der Waals surface area contributed by atoms with Crippen LogP contribution in [0, 0.1) is 0 Å². The van der Waals surface area contributed by atoms with E-state index in [-0.39, 0.29) is 25.1 Å². The Labute approximate surface area is 121 Å². The van der Waals surface area contributed by atoms with Gasteiger partial charge in [-0.2, -0.15) is 0 Å². The normalized spacial score (nSPS) is 11.9. The number of aliphatic hydroxyl groups is 1. The number of aromatic nitrogens is 1. The minimum atomic E-state index is -0.180. The molecule has 3 N–H and O–H groups in total. The summed E-state index contributed by atoms with van der Waals surface area (Å²) < 4.78 is 0. The summed E-state index contributed by atoms with van der Waals surface area (Å²) >= 11 is 1.61. The number of hydrogen-bond acceptors (Lipinski definition) is 5. The van der Waals surface area contributed by atoms with Gasteiger partial charge in [0.25, 0.3) is 5.91 Å². The van der Waals surface area contributed by atoms with Crippen molar-refractivity contribution in [1.29, 1.82) is 0 Å². The molecule has 1 atom stereocenters. The molecule has 0 saturated heterocycles. The van der Waals surface area contributed by atoms with Gasteiger partial charge in [-0.1, -0.05) is 0 Å². The molecule has 1 heterocycles. The summed E-state index contributed by atoms with van der Waals surface area (Å²) in [6.45, 7) is 2.27. The molecular formula is C14H17N3O2S. The summed E-state index contributed by atoms with van der Waals surface area (Å²) in [4.78, 5) is 16.9. The molecule has 106 valence electrons. The fourth-order valence-electron chi connectivity index (χ4n) is 1.75. The second-order valence-corrected chi connectivity index (χ2v) is 5.24. The van der Waals surface area contributed by atoms with Gasteiger partial charge in [0.05, 0.1) is 18.2 Å². The number of nitrogens with zero attached hydrogens (tertiary/aromatic N) is 1. The lowest BCUT2D eigenvalue weighted by Gasteiger charge is -2.13. The third-order valence-electron chi connectivity index (χ3n) is 2.81. The van der Waals surface area contributed by atoms with E-state index in [4.69, 9.17) is 5.11 Å². The highest BCUT2D eigenvalue weighted by molar-refractivity contribution is 7.09. The van der Waals surface area contributed by atoms with Crippen LogP contribution in [0.15, 0.2) is 36.0 Å². The molecule has 6 heteroatoms. The Bertz CT molecular complexity index is 540. The number of carbonyl (C=O) groups excluding carboxylic acids is 1. The van der Waals surface area contributed by atoms with Gasteiger partial charge in [0.1, 0.15) is 0 Å². The molecule has 0 radical (unpaired) electrons. The summed E-state index contributed by atoms with van der Waals surface area (Å²) in [6, 6.07) is 7.43. The second kappa shape index (κ2) is 7.02. The molecule has 1 aromatic carbocycles. The van der Waals surface area contributed by atoms with Crippen molar-refractivity contribution in [3.63, 3.8) is 0 Å². The maximum atomic E-state index is 11.7. The first kappa shape index (κ1) is 14.5. The largest absolute Gasteiger partial charge is 0.395 e. The van der Waals surface area contributed by atoms with Crippen LogP contribution in [0.4, 0.5) is 5.69 Å². The van der Waals surface area contributed by atoms with Crippen LogP contribution in [0.1, 0.15) is 28.2 Å². The van der Waals surface area contributed by atoms with E-state index < -0.39 is 0 Å². The number of carbonyl (C=O) groups is 1. The van der Waals surface area contributed by atoms with Gasteiger partial charge in [0.2, 0.25) is 0 Å². The number of anilines is 1. The fraction of sp³-hybridized carbons (Fsp3) is 0.286. The lowest BCUT2D eigenvalue weighted by molar-refractivity contribution is 0.0945. The molecule has 0 aliphatic heterocycles. The molecule has 0 fully saturated rings. The van der Waals surface area contributed by atoms with Crippen LogP contribution < -0.4 is 10.6 Å². The van der Waals surface area contributed by atoms with Gasteiger partial charge in [-0.15, -0.1) is 11.3 Å². The minimum Gasteiger partial charge on any atom is -0.395 e. The SMILES string of the molecule is CC(Nc1ccc(C(=O)NCCO)cc1)c1cncs1. The van der Waals surface area contributed by atoms with E-state index in [1.165, 1.54) is 0 Å². The lowest BCUT2D eigenvalue weighted by Crippen LogP contribution is -2.26. The van der Waals surface area contributed by atoms with Crippen LogP contribution in [-0.4, -0.2) is 29.1 Å². The molecule has 0 bridgehead atoms. The molecule has 1 aromatic heterocycles. The predicted molar refractivity (Wildman–Crippen MR) is 80.0 cm³/mol. The van der Waals surface area contributed by atoms with Gasteiger partial charge >= 0.3 is 0 Å². The third kappa shape index (κ3) is 3.79. The van der Waals surface area contributed by atoms with Gasteiger partial charge in [-0.05, 0) is 31.2 Å². The Kier molecular flexibility index (Phi) is 5.09. The van der Waals surface area contributed by atoms with Crippen molar-refractivity contribution in [3.8, 4) is 0 Å². The Hall–Kier alpha value is -1.92. The summed E-state index contributed by atoms with van der Waals surface area (Å²) in [7, 11) is 0. The molecule has 0 aliphatic rings. The topological polar surface area (TPSA) is 74.2 Å². The van der Waals surface area contributed by atoms with Crippen molar-refractivity contribution in [2.45, 2.75) is 13.0 Å². The van der Waals surface area contributed by atoms with E-state index >= 15 is 0 Å². The summed E-state index contributed by atoms with van der Waals surface area (Å²) in [5, 5.41) is 14.6. The summed E-state index contributed by atoms with van der Waals surface area (Å²) in [5.74, 6) is -0.180. The van der Waals surface area contributed by atoms with Crippen molar-refractivity contribution >= 4 is 22.9 Å². The van der Waals surface area contributed by atoms with Crippen LogP contribution in [-0.2, 0) is 0 Å². The zero-order chi connectivity index (χ0) is 14.4. The van der Waals surface area contributed by atoms with E-state index in [9.17, 15) is 4.79 Å². The van der Waals surface area contributed by atoms with Crippen molar-refractivity contribution < 1.29 is 9.90 Å². The number of benzene rings is 1. The first-order valence-corrected chi connectivity index (χ1v) is 7.22. The molecule has 2 rings (SSSR count). The van der Waals surface area contributed by atoms with E-state index in [0.29, 0.717) is 5.56 Å². The first-order valence-electron chi connectivity index (χ1n) is 6.34. The smallest absolute Gasteiger partial charge is 0.251 e. The van der Waals surface area contributed by atoms with Gasteiger partial charge in [-0.25, -0.2) is 0 Å². The molecule has 1 unspecified atom stereocenters. The Morgan fingerprint density at radius 3 is 2.75 bits per heavy atom. The van der Waals surface area contributed by atoms with E-state index in [1.807, 2.05) is 23.8 Å². The monoisotopic (exact) mass is 291 g/mol. The Morgan fingerprint density at radius 1 is 1.40 bits per heavy atom. The predicted octanol–water partition coefficient (Wildman–Crippen LogP) is 2.04. The number of rotatable bonds is 6. The average Bonchev–Trinajstić information content (AvgIpc) is 3.00. The maximum absolute atomic E-state index is 11.7. The van der Waals surface area contributed by atoms with Gasteiger partial charge in [0, 0.05) is 28.9 Å². The molecule has 0 aliphatic carbocycles. The highest BCUT2D eigenvalue weighted by atomic mass is 32.1. The van der Waals surface area contributed by atoms with Crippen molar-refractivity contribution in [3.05, 3.63) is 46.4 Å². The van der Waals surface area contributed by atoms with Crippen molar-refractivity contribution in [2.24, 2.45) is 0 Å². The Morgan fingerprint density at radius 2 is 2.15 bits per heavy atom. The molecule has 5 nitrogen and oxygen atoms in total. The van der Waals surface area contributed by atoms with Crippen LogP contribution in [0.3, 0.4) is 0 Å². The third-order valence-corrected chi connectivity index (χ3v) is 3.76. The molecular weight excluding hydrogens is 274 g/mol. The number of thiazole rings is 1. The van der Waals surface area contributed by atoms with Crippen LogP contribution in [0.2, 0.25) is 0 Å².